The summed E-state index contributed by atoms with van der Waals surface area (Å²) in [5.74, 6) is 0.652. The Bertz CT molecular complexity index is 503. The van der Waals surface area contributed by atoms with E-state index < -0.39 is 0 Å². The molecule has 16 heavy (non-hydrogen) atoms. The van der Waals surface area contributed by atoms with Crippen LogP contribution in [0.4, 0.5) is 0 Å². The monoisotopic (exact) mass is 237 g/mol. The maximum absolute atomic E-state index is 11.7. The Morgan fingerprint density at radius 3 is 3.00 bits per heavy atom. The Labute approximate surface area is 96.5 Å². The van der Waals surface area contributed by atoms with Crippen LogP contribution in [0.5, 0.6) is 0 Å². The molecule has 2 aromatic heterocycles. The fraction of sp³-hybridized carbons (Fsp3) is 0.333. The average molecular weight is 237 g/mol. The van der Waals surface area contributed by atoms with Gasteiger partial charge in [-0.2, -0.15) is 0 Å². The van der Waals surface area contributed by atoms with Crippen LogP contribution in [0.2, 0.25) is 0 Å². The van der Waals surface area contributed by atoms with Crippen molar-refractivity contribution in [2.24, 2.45) is 7.05 Å². The van der Waals surface area contributed by atoms with Gasteiger partial charge in [0.05, 0.1) is 12.2 Å². The lowest BCUT2D eigenvalue weighted by Crippen LogP contribution is -2.24. The van der Waals surface area contributed by atoms with Crippen LogP contribution in [-0.4, -0.2) is 25.0 Å². The number of aromatic nitrogens is 4. The van der Waals surface area contributed by atoms with Crippen molar-refractivity contribution in [2.45, 2.75) is 13.5 Å². The Balaban J connectivity index is 1.99. The predicted octanol–water partition coefficient (Wildman–Crippen LogP) is 0.510. The van der Waals surface area contributed by atoms with Gasteiger partial charge in [0.1, 0.15) is 10.7 Å². The third-order valence-corrected chi connectivity index (χ3v) is 3.01. The van der Waals surface area contributed by atoms with Crippen LogP contribution in [0.1, 0.15) is 21.2 Å². The SMILES string of the molecule is Cc1nnsc1C(=O)NCc1nccn1C. The highest BCUT2D eigenvalue weighted by Gasteiger charge is 2.13. The lowest BCUT2D eigenvalue weighted by atomic mass is 10.4. The molecule has 0 saturated heterocycles. The molecule has 2 heterocycles. The first-order chi connectivity index (χ1) is 7.68. The van der Waals surface area contributed by atoms with Gasteiger partial charge in [0.15, 0.2) is 0 Å². The molecule has 2 rings (SSSR count). The lowest BCUT2D eigenvalue weighted by Gasteiger charge is -2.03. The molecule has 7 heteroatoms. The highest BCUT2D eigenvalue weighted by atomic mass is 32.1. The van der Waals surface area contributed by atoms with Crippen molar-refractivity contribution in [1.29, 1.82) is 0 Å². The third-order valence-electron chi connectivity index (χ3n) is 2.19. The van der Waals surface area contributed by atoms with E-state index in [9.17, 15) is 4.79 Å². The molecule has 1 N–H and O–H groups in total. The molecule has 2 aromatic rings. The second-order valence-electron chi connectivity index (χ2n) is 3.32. The molecule has 0 aromatic carbocycles. The molecule has 0 atom stereocenters. The molecule has 0 aliphatic carbocycles. The van der Waals surface area contributed by atoms with Crippen LogP contribution in [0.25, 0.3) is 0 Å². The molecule has 0 aliphatic rings. The summed E-state index contributed by atoms with van der Waals surface area (Å²) in [5.41, 5.74) is 0.655. The summed E-state index contributed by atoms with van der Waals surface area (Å²) in [4.78, 5) is 16.4. The predicted molar refractivity (Wildman–Crippen MR) is 59.0 cm³/mol. The molecule has 0 saturated carbocycles. The van der Waals surface area contributed by atoms with E-state index in [4.69, 9.17) is 0 Å². The van der Waals surface area contributed by atoms with Gasteiger partial charge < -0.3 is 9.88 Å². The maximum atomic E-state index is 11.7. The van der Waals surface area contributed by atoms with E-state index in [0.717, 1.165) is 17.4 Å². The van der Waals surface area contributed by atoms with Gasteiger partial charge in [-0.1, -0.05) is 4.49 Å². The van der Waals surface area contributed by atoms with E-state index in [1.807, 2.05) is 17.8 Å². The molecule has 0 radical (unpaired) electrons. The van der Waals surface area contributed by atoms with Gasteiger partial charge in [-0.3, -0.25) is 4.79 Å². The van der Waals surface area contributed by atoms with Gasteiger partial charge in [0, 0.05) is 19.4 Å². The molecule has 0 aliphatic heterocycles. The first kappa shape index (κ1) is 10.7. The summed E-state index contributed by atoms with van der Waals surface area (Å²) in [6.45, 7) is 2.17. The summed E-state index contributed by atoms with van der Waals surface area (Å²) in [6.07, 6.45) is 3.53. The highest BCUT2D eigenvalue weighted by molar-refractivity contribution is 7.07. The second kappa shape index (κ2) is 4.40. The van der Waals surface area contributed by atoms with E-state index in [-0.39, 0.29) is 5.91 Å². The molecule has 0 spiro atoms. The number of hydrogen-bond acceptors (Lipinski definition) is 5. The van der Waals surface area contributed by atoms with Crippen molar-refractivity contribution < 1.29 is 4.79 Å². The molecule has 84 valence electrons. The van der Waals surface area contributed by atoms with Crippen molar-refractivity contribution in [1.82, 2.24) is 24.5 Å². The van der Waals surface area contributed by atoms with Gasteiger partial charge in [-0.05, 0) is 18.5 Å². The minimum Gasteiger partial charge on any atom is -0.344 e. The summed E-state index contributed by atoms with van der Waals surface area (Å²) in [7, 11) is 1.88. The first-order valence-corrected chi connectivity index (χ1v) is 5.49. The Hall–Kier alpha value is -1.76. The van der Waals surface area contributed by atoms with Crippen molar-refractivity contribution in [3.05, 3.63) is 28.8 Å². The molecule has 0 bridgehead atoms. The zero-order chi connectivity index (χ0) is 11.5. The van der Waals surface area contributed by atoms with E-state index in [2.05, 4.69) is 19.9 Å². The van der Waals surface area contributed by atoms with E-state index in [1.54, 1.807) is 13.1 Å². The van der Waals surface area contributed by atoms with E-state index in [0.29, 0.717) is 17.1 Å². The summed E-state index contributed by atoms with van der Waals surface area (Å²) in [5, 5.41) is 6.56. The van der Waals surface area contributed by atoms with Gasteiger partial charge in [-0.25, -0.2) is 4.98 Å². The fourth-order valence-electron chi connectivity index (χ4n) is 1.25. The van der Waals surface area contributed by atoms with Crippen LogP contribution >= 0.6 is 11.5 Å². The number of hydrogen-bond donors (Lipinski definition) is 1. The van der Waals surface area contributed by atoms with Crippen LogP contribution in [0.3, 0.4) is 0 Å². The highest BCUT2D eigenvalue weighted by Crippen LogP contribution is 2.08. The van der Waals surface area contributed by atoms with Crippen molar-refractivity contribution in [2.75, 3.05) is 0 Å². The maximum Gasteiger partial charge on any atom is 0.265 e. The molecule has 6 nitrogen and oxygen atoms in total. The molecule has 0 fully saturated rings. The Morgan fingerprint density at radius 2 is 2.44 bits per heavy atom. The number of nitrogens with one attached hydrogen (secondary N) is 1. The normalized spacial score (nSPS) is 10.4. The largest absolute Gasteiger partial charge is 0.344 e. The fourth-order valence-corrected chi connectivity index (χ4v) is 1.82. The van der Waals surface area contributed by atoms with Gasteiger partial charge >= 0.3 is 0 Å². The number of carbonyl (C=O) groups is 1. The molecular formula is C9H11N5OS. The topological polar surface area (TPSA) is 72.7 Å². The minimum atomic E-state index is -0.157. The van der Waals surface area contributed by atoms with E-state index >= 15 is 0 Å². The van der Waals surface area contributed by atoms with Crippen LogP contribution in [0, 0.1) is 6.92 Å². The summed E-state index contributed by atoms with van der Waals surface area (Å²) in [6, 6.07) is 0. The number of nitrogens with zero attached hydrogens (tertiary/aromatic N) is 4. The van der Waals surface area contributed by atoms with Gasteiger partial charge in [0.2, 0.25) is 0 Å². The first-order valence-electron chi connectivity index (χ1n) is 4.72. The quantitative estimate of drug-likeness (QED) is 0.844. The number of aryl methyl sites for hydroxylation is 2. The summed E-state index contributed by atoms with van der Waals surface area (Å²) >= 11 is 1.10. The standard InChI is InChI=1S/C9H11N5OS/c1-6-8(16-13-12-6)9(15)11-5-7-10-3-4-14(7)2/h3-4H,5H2,1-2H3,(H,11,15). The lowest BCUT2D eigenvalue weighted by molar-refractivity contribution is 0.0953. The van der Waals surface area contributed by atoms with Crippen LogP contribution in [-0.2, 0) is 13.6 Å². The molecular weight excluding hydrogens is 226 g/mol. The van der Waals surface area contributed by atoms with Crippen molar-refractivity contribution in [3.8, 4) is 0 Å². The smallest absolute Gasteiger partial charge is 0.265 e. The Morgan fingerprint density at radius 1 is 1.62 bits per heavy atom. The van der Waals surface area contributed by atoms with Crippen molar-refractivity contribution in [3.63, 3.8) is 0 Å². The van der Waals surface area contributed by atoms with Crippen LogP contribution in [0.15, 0.2) is 12.4 Å². The zero-order valence-corrected chi connectivity index (χ0v) is 9.78. The molecule has 1 amide bonds. The number of carbonyl (C=O) groups excluding carboxylic acids is 1. The second-order valence-corrected chi connectivity index (χ2v) is 4.08. The number of rotatable bonds is 3. The third kappa shape index (κ3) is 2.08. The minimum absolute atomic E-state index is 0.157. The summed E-state index contributed by atoms with van der Waals surface area (Å²) < 4.78 is 5.57. The average Bonchev–Trinajstić information content (AvgIpc) is 2.84. The van der Waals surface area contributed by atoms with Gasteiger partial charge in [-0.15, -0.1) is 5.10 Å². The zero-order valence-electron chi connectivity index (χ0n) is 8.97. The van der Waals surface area contributed by atoms with E-state index in [1.165, 1.54) is 0 Å². The number of imidazole rings is 1. The van der Waals surface area contributed by atoms with Crippen LogP contribution < -0.4 is 5.32 Å². The molecule has 0 unspecified atom stereocenters. The Kier molecular flexibility index (Phi) is 2.95. The van der Waals surface area contributed by atoms with Crippen molar-refractivity contribution >= 4 is 17.4 Å². The van der Waals surface area contributed by atoms with Gasteiger partial charge in [0.25, 0.3) is 5.91 Å². The number of amides is 1.